The van der Waals surface area contributed by atoms with Crippen molar-refractivity contribution in [2.45, 2.75) is 57.7 Å². The fraction of sp³-hybridized carbons (Fsp3) is 0.342. The number of carboxylic acid groups (broad SMARTS) is 1. The van der Waals surface area contributed by atoms with Crippen LogP contribution in [-0.2, 0) is 9.53 Å². The molecule has 0 saturated carbocycles. The first-order chi connectivity index (χ1) is 24.6. The van der Waals surface area contributed by atoms with Crippen LogP contribution in [0.15, 0.2) is 54.9 Å². The van der Waals surface area contributed by atoms with Crippen LogP contribution in [0, 0.1) is 35.4 Å². The van der Waals surface area contributed by atoms with Crippen LogP contribution < -0.4 is 5.32 Å². The first-order valence-electron chi connectivity index (χ1n) is 16.8. The zero-order valence-corrected chi connectivity index (χ0v) is 28.5. The van der Waals surface area contributed by atoms with Crippen LogP contribution in [0.3, 0.4) is 0 Å². The van der Waals surface area contributed by atoms with Gasteiger partial charge in [0, 0.05) is 24.2 Å². The highest BCUT2D eigenvalue weighted by Gasteiger charge is 2.37. The Labute approximate surface area is 294 Å². The molecule has 3 atom stereocenters. The maximum absolute atomic E-state index is 15.9. The highest BCUT2D eigenvalue weighted by Crippen LogP contribution is 2.35. The number of likely N-dealkylation sites (tertiary alicyclic amines) is 2. The molecule has 2 saturated heterocycles. The van der Waals surface area contributed by atoms with Crippen LogP contribution in [0.1, 0.15) is 74.5 Å². The molecule has 4 N–H and O–H groups in total. The lowest BCUT2D eigenvalue weighted by Gasteiger charge is -2.30. The number of methoxy groups -OCH3 is 1. The van der Waals surface area contributed by atoms with Gasteiger partial charge < -0.3 is 30.0 Å². The molecule has 12 nitrogen and oxygen atoms in total. The summed E-state index contributed by atoms with van der Waals surface area (Å²) in [5, 5.41) is 12.1. The molecule has 0 spiro atoms. The Morgan fingerprint density at radius 2 is 1.61 bits per heavy atom. The van der Waals surface area contributed by atoms with Gasteiger partial charge in [0.25, 0.3) is 0 Å². The maximum Gasteiger partial charge on any atom is 0.407 e. The molecule has 2 fully saturated rings. The number of H-pyrrole nitrogens is 2. The van der Waals surface area contributed by atoms with E-state index in [0.29, 0.717) is 60.1 Å². The second-order valence-corrected chi connectivity index (χ2v) is 12.8. The average molecular weight is 692 g/mol. The highest BCUT2D eigenvalue weighted by molar-refractivity contribution is 5.86. The molecule has 4 heterocycles. The monoisotopic (exact) mass is 691 g/mol. The van der Waals surface area contributed by atoms with E-state index in [0.717, 1.165) is 18.4 Å². The largest absolute Gasteiger partial charge is 0.465 e. The normalized spacial score (nSPS) is 17.4. The van der Waals surface area contributed by atoms with Gasteiger partial charge in [0.15, 0.2) is 0 Å². The summed E-state index contributed by atoms with van der Waals surface area (Å²) in [6.45, 7) is 4.69. The van der Waals surface area contributed by atoms with Gasteiger partial charge in [-0.1, -0.05) is 44.2 Å². The molecule has 2 aliphatic rings. The zero-order chi connectivity index (χ0) is 36.1. The van der Waals surface area contributed by atoms with Gasteiger partial charge in [0.05, 0.1) is 42.8 Å². The topological polar surface area (TPSA) is 157 Å². The van der Waals surface area contributed by atoms with Gasteiger partial charge in [-0.15, -0.1) is 0 Å². The van der Waals surface area contributed by atoms with Crippen LogP contribution in [-0.4, -0.2) is 79.2 Å². The minimum atomic E-state index is -0.985. The predicted molar refractivity (Wildman–Crippen MR) is 186 cm³/mol. The van der Waals surface area contributed by atoms with Crippen molar-refractivity contribution in [2.75, 3.05) is 20.2 Å². The standard InChI is InChI=1S/C38H38FN7O5/c1-23(2)33(44-37(48)51-3)36(47)45-17-9-15-31(45)35-41-22-30(43-35)25-19-28(24-11-5-4-6-12-24)27(29(39)20-25)14-8-7-13-26-21-40-34(42-26)32-16-10-18-46(32)38(49)50/h4-6,11-12,19-23,31-33H,9-10,15-18H2,1-3H3,(H,40,42)(H,41,43)(H,44,48)(H,49,50)/t31-,32-,33-/m0/s1. The van der Waals surface area contributed by atoms with E-state index in [1.54, 1.807) is 11.1 Å². The zero-order valence-electron chi connectivity index (χ0n) is 28.5. The number of aromatic nitrogens is 4. The molecule has 51 heavy (non-hydrogen) atoms. The van der Waals surface area contributed by atoms with Gasteiger partial charge in [-0.05, 0) is 73.0 Å². The number of amides is 3. The fourth-order valence-electron chi connectivity index (χ4n) is 6.62. The van der Waals surface area contributed by atoms with Gasteiger partial charge in [0.1, 0.15) is 29.2 Å². The number of halogens is 1. The lowest BCUT2D eigenvalue weighted by molar-refractivity contribution is -0.135. The van der Waals surface area contributed by atoms with Crippen LogP contribution in [0.25, 0.3) is 22.4 Å². The van der Waals surface area contributed by atoms with Crippen molar-refractivity contribution in [2.24, 2.45) is 5.92 Å². The van der Waals surface area contributed by atoms with E-state index in [2.05, 4.69) is 48.9 Å². The number of hydrogen-bond donors (Lipinski definition) is 4. The van der Waals surface area contributed by atoms with Gasteiger partial charge >= 0.3 is 12.2 Å². The molecule has 0 radical (unpaired) electrons. The first-order valence-corrected chi connectivity index (χ1v) is 16.8. The Morgan fingerprint density at radius 3 is 2.31 bits per heavy atom. The van der Waals surface area contributed by atoms with Crippen molar-refractivity contribution in [3.05, 3.63) is 83.6 Å². The van der Waals surface area contributed by atoms with Crippen molar-refractivity contribution in [3.8, 4) is 46.1 Å². The van der Waals surface area contributed by atoms with E-state index < -0.39 is 24.0 Å². The van der Waals surface area contributed by atoms with Crippen LogP contribution in [0.5, 0.6) is 0 Å². The summed E-state index contributed by atoms with van der Waals surface area (Å²) in [6, 6.07) is 11.1. The minimum Gasteiger partial charge on any atom is -0.465 e. The van der Waals surface area contributed by atoms with Crippen molar-refractivity contribution < 1.29 is 28.6 Å². The van der Waals surface area contributed by atoms with Crippen LogP contribution in [0.2, 0.25) is 0 Å². The Hall–Kier alpha value is -6.08. The molecule has 0 unspecified atom stereocenters. The van der Waals surface area contributed by atoms with Crippen molar-refractivity contribution in [1.29, 1.82) is 0 Å². The third-order valence-corrected chi connectivity index (χ3v) is 9.18. The van der Waals surface area contributed by atoms with Crippen LogP contribution >= 0.6 is 0 Å². The molecule has 3 amide bonds. The summed E-state index contributed by atoms with van der Waals surface area (Å²) >= 11 is 0. The number of alkyl carbamates (subject to hydrolysis) is 1. The molecule has 0 aliphatic carbocycles. The summed E-state index contributed by atoms with van der Waals surface area (Å²) in [6.07, 6.45) is 4.40. The highest BCUT2D eigenvalue weighted by atomic mass is 19.1. The number of rotatable bonds is 7. The number of carbonyl (C=O) groups excluding carboxylic acids is 2. The molecule has 2 aromatic heterocycles. The van der Waals surface area contributed by atoms with Crippen molar-refractivity contribution in [1.82, 2.24) is 35.1 Å². The maximum atomic E-state index is 15.9. The predicted octanol–water partition coefficient (Wildman–Crippen LogP) is 5.87. The minimum absolute atomic E-state index is 0.163. The Kier molecular flexibility index (Phi) is 10.4. The SMILES string of the molecule is COC(=O)N[C@H](C(=O)N1CCC[C@H]1c1ncc(-c2cc(F)c(C#CC#Cc3cnc([C@@H]4CCCN4C(=O)O)[nH]3)c(-c3ccccc3)c2)[nH]1)C(C)C. The molecule has 2 aromatic carbocycles. The number of nitrogens with zero attached hydrogens (tertiary/aromatic N) is 4. The molecule has 262 valence electrons. The number of ether oxygens (including phenoxy) is 1. The van der Waals surface area contributed by atoms with Gasteiger partial charge in [0.2, 0.25) is 5.91 Å². The molecule has 6 rings (SSSR count). The molecule has 13 heteroatoms. The van der Waals surface area contributed by atoms with Gasteiger partial charge in [-0.25, -0.2) is 23.9 Å². The van der Waals surface area contributed by atoms with E-state index in [1.165, 1.54) is 24.3 Å². The molecule has 0 bridgehead atoms. The average Bonchev–Trinajstić information content (AvgIpc) is 3.96. The fourth-order valence-corrected chi connectivity index (χ4v) is 6.62. The molecule has 2 aliphatic heterocycles. The second-order valence-electron chi connectivity index (χ2n) is 12.8. The lowest BCUT2D eigenvalue weighted by atomic mass is 9.96. The third-order valence-electron chi connectivity index (χ3n) is 9.18. The summed E-state index contributed by atoms with van der Waals surface area (Å²) < 4.78 is 20.7. The third kappa shape index (κ3) is 7.58. The first kappa shape index (κ1) is 34.8. The van der Waals surface area contributed by atoms with Crippen molar-refractivity contribution >= 4 is 18.1 Å². The van der Waals surface area contributed by atoms with E-state index in [4.69, 9.17) is 4.74 Å². The Balaban J connectivity index is 1.25. The van der Waals surface area contributed by atoms with Gasteiger partial charge in [-0.3, -0.25) is 9.69 Å². The quantitative estimate of drug-likeness (QED) is 0.177. The summed E-state index contributed by atoms with van der Waals surface area (Å²) in [5.41, 5.74) is 3.12. The number of aromatic amines is 2. The van der Waals surface area contributed by atoms with E-state index in [-0.39, 0.29) is 29.5 Å². The number of nitrogens with one attached hydrogen (secondary N) is 3. The van der Waals surface area contributed by atoms with Crippen molar-refractivity contribution in [3.63, 3.8) is 0 Å². The molecular weight excluding hydrogens is 653 g/mol. The Morgan fingerprint density at radius 1 is 0.941 bits per heavy atom. The number of carbonyl (C=O) groups is 3. The Bertz CT molecular complexity index is 2050. The van der Waals surface area contributed by atoms with E-state index in [1.807, 2.05) is 50.2 Å². The molecular formula is C38H38FN7O5. The number of hydrogen-bond acceptors (Lipinski definition) is 6. The van der Waals surface area contributed by atoms with E-state index in [9.17, 15) is 19.5 Å². The summed E-state index contributed by atoms with van der Waals surface area (Å²) in [5.74, 6) is 11.5. The summed E-state index contributed by atoms with van der Waals surface area (Å²) in [7, 11) is 1.26. The van der Waals surface area contributed by atoms with Crippen LogP contribution in [0.4, 0.5) is 14.0 Å². The molecule has 4 aromatic rings. The lowest BCUT2D eigenvalue weighted by Crippen LogP contribution is -2.51. The van der Waals surface area contributed by atoms with E-state index >= 15 is 4.39 Å². The van der Waals surface area contributed by atoms with Gasteiger partial charge in [-0.2, -0.15) is 0 Å². The number of benzene rings is 2. The number of imidazole rings is 2. The summed E-state index contributed by atoms with van der Waals surface area (Å²) in [4.78, 5) is 55.5. The second kappa shape index (κ2) is 15.2. The smallest absolute Gasteiger partial charge is 0.407 e.